The van der Waals surface area contributed by atoms with Crippen LogP contribution in [-0.2, 0) is 0 Å². The molecule has 0 bridgehead atoms. The van der Waals surface area contributed by atoms with Crippen molar-refractivity contribution in [3.05, 3.63) is 29.7 Å². The number of allylic oxidation sites excluding steroid dienone is 4. The van der Waals surface area contributed by atoms with E-state index in [0.717, 1.165) is 11.3 Å². The molecule has 1 aliphatic carbocycles. The highest BCUT2D eigenvalue weighted by Gasteiger charge is 2.12. The van der Waals surface area contributed by atoms with Crippen molar-refractivity contribution in [3.63, 3.8) is 0 Å². The van der Waals surface area contributed by atoms with Gasteiger partial charge in [0.2, 0.25) is 0 Å². The van der Waals surface area contributed by atoms with Crippen molar-refractivity contribution in [3.8, 4) is 0 Å². The van der Waals surface area contributed by atoms with Crippen molar-refractivity contribution >= 4 is 11.9 Å². The Kier molecular flexibility index (Phi) is 1.07. The van der Waals surface area contributed by atoms with Crippen LogP contribution in [0, 0.1) is 5.92 Å². The second-order valence-corrected chi connectivity index (χ2v) is 2.41. The lowest BCUT2D eigenvalue weighted by Crippen LogP contribution is -2.02. The van der Waals surface area contributed by atoms with Crippen LogP contribution in [-0.4, -0.2) is 11.9 Å². The summed E-state index contributed by atoms with van der Waals surface area (Å²) in [6.07, 6.45) is 7.88. The van der Waals surface area contributed by atoms with Gasteiger partial charge in [-0.05, 0) is 6.08 Å². The molecule has 1 radical (unpaired) electrons. The Morgan fingerprint density at radius 1 is 1.30 bits per heavy atom. The van der Waals surface area contributed by atoms with E-state index in [1.807, 2.05) is 12.2 Å². The van der Waals surface area contributed by atoms with E-state index in [0.29, 0.717) is 0 Å². The molecule has 0 amide bonds. The minimum Gasteiger partial charge on any atom is -0.158 e. The molecule has 0 saturated heterocycles. The van der Waals surface area contributed by atoms with Crippen molar-refractivity contribution < 1.29 is 0 Å². The topological polar surface area (TPSA) is 24.7 Å². The Morgan fingerprint density at radius 3 is 3.10 bits per heavy atom. The molecular formula is C8H7N2. The SMILES string of the molecule is C[C]1C=CC2=NN=CC2=C1. The molecule has 2 nitrogen and oxygen atoms in total. The lowest BCUT2D eigenvalue weighted by atomic mass is 9.98. The number of hydrogen-bond acceptors (Lipinski definition) is 2. The molecule has 0 aromatic rings. The minimum atomic E-state index is 0.977. The van der Waals surface area contributed by atoms with E-state index in [9.17, 15) is 0 Å². The van der Waals surface area contributed by atoms with E-state index < -0.39 is 0 Å². The van der Waals surface area contributed by atoms with Gasteiger partial charge >= 0.3 is 0 Å². The first kappa shape index (κ1) is 5.59. The molecule has 1 aliphatic heterocycles. The molecule has 0 fully saturated rings. The van der Waals surface area contributed by atoms with Gasteiger partial charge in [-0.15, -0.1) is 0 Å². The molecule has 2 aliphatic rings. The summed E-state index contributed by atoms with van der Waals surface area (Å²) >= 11 is 0. The Balaban J connectivity index is 2.41. The third kappa shape index (κ3) is 0.727. The van der Waals surface area contributed by atoms with Crippen LogP contribution in [0.1, 0.15) is 6.92 Å². The molecule has 0 saturated carbocycles. The van der Waals surface area contributed by atoms with Gasteiger partial charge in [0.05, 0.1) is 11.9 Å². The molecule has 49 valence electrons. The summed E-state index contributed by atoms with van der Waals surface area (Å²) in [5, 5.41) is 7.70. The van der Waals surface area contributed by atoms with Gasteiger partial charge in [0, 0.05) is 11.5 Å². The Hall–Kier alpha value is -1.18. The molecule has 0 unspecified atom stereocenters. The number of rotatable bonds is 0. The van der Waals surface area contributed by atoms with Gasteiger partial charge in [-0.3, -0.25) is 0 Å². The molecule has 10 heavy (non-hydrogen) atoms. The monoisotopic (exact) mass is 131 g/mol. The van der Waals surface area contributed by atoms with Crippen molar-refractivity contribution in [1.82, 2.24) is 0 Å². The van der Waals surface area contributed by atoms with E-state index in [1.54, 1.807) is 6.21 Å². The van der Waals surface area contributed by atoms with Crippen LogP contribution in [0.5, 0.6) is 0 Å². The van der Waals surface area contributed by atoms with Crippen molar-refractivity contribution in [2.45, 2.75) is 6.92 Å². The maximum absolute atomic E-state index is 3.91. The highest BCUT2D eigenvalue weighted by atomic mass is 15.2. The first-order valence-electron chi connectivity index (χ1n) is 3.21. The van der Waals surface area contributed by atoms with Crippen LogP contribution >= 0.6 is 0 Å². The van der Waals surface area contributed by atoms with Crippen LogP contribution in [0.4, 0.5) is 0 Å². The van der Waals surface area contributed by atoms with Crippen LogP contribution < -0.4 is 0 Å². The van der Waals surface area contributed by atoms with Gasteiger partial charge in [-0.2, -0.15) is 10.2 Å². The highest BCUT2D eigenvalue weighted by molar-refractivity contribution is 6.24. The van der Waals surface area contributed by atoms with Gasteiger partial charge < -0.3 is 0 Å². The van der Waals surface area contributed by atoms with E-state index in [4.69, 9.17) is 0 Å². The second kappa shape index (κ2) is 1.90. The maximum Gasteiger partial charge on any atom is 0.0939 e. The van der Waals surface area contributed by atoms with Gasteiger partial charge in [0.15, 0.2) is 0 Å². The summed E-state index contributed by atoms with van der Waals surface area (Å²) in [4.78, 5) is 0. The Labute approximate surface area is 59.7 Å². The first-order valence-corrected chi connectivity index (χ1v) is 3.21. The molecule has 2 heteroatoms. The van der Waals surface area contributed by atoms with Crippen LogP contribution in [0.3, 0.4) is 0 Å². The van der Waals surface area contributed by atoms with E-state index in [-0.39, 0.29) is 0 Å². The quantitative estimate of drug-likeness (QED) is 0.476. The molecule has 0 aromatic heterocycles. The lowest BCUT2D eigenvalue weighted by molar-refractivity contribution is 1.28. The predicted octanol–water partition coefficient (Wildman–Crippen LogP) is 1.52. The zero-order valence-corrected chi connectivity index (χ0v) is 5.70. The summed E-state index contributed by atoms with van der Waals surface area (Å²) in [5.41, 5.74) is 2.10. The zero-order valence-electron chi connectivity index (χ0n) is 5.70. The fraction of sp³-hybridized carbons (Fsp3) is 0.125. The molecular weight excluding hydrogens is 124 g/mol. The lowest BCUT2D eigenvalue weighted by Gasteiger charge is -2.05. The average molecular weight is 131 g/mol. The van der Waals surface area contributed by atoms with Gasteiger partial charge in [-0.25, -0.2) is 0 Å². The fourth-order valence-electron chi connectivity index (χ4n) is 1.02. The van der Waals surface area contributed by atoms with E-state index >= 15 is 0 Å². The fourth-order valence-corrected chi connectivity index (χ4v) is 1.02. The number of nitrogens with zero attached hydrogens (tertiary/aromatic N) is 2. The predicted molar refractivity (Wildman–Crippen MR) is 42.1 cm³/mol. The van der Waals surface area contributed by atoms with Gasteiger partial charge in [0.1, 0.15) is 0 Å². The van der Waals surface area contributed by atoms with Crippen molar-refractivity contribution in [2.75, 3.05) is 0 Å². The summed E-state index contributed by atoms with van der Waals surface area (Å²) in [6.45, 7) is 2.06. The molecule has 1 heterocycles. The van der Waals surface area contributed by atoms with E-state index in [1.165, 1.54) is 5.92 Å². The minimum absolute atomic E-state index is 0.977. The molecule has 0 N–H and O–H groups in total. The third-order valence-electron chi connectivity index (χ3n) is 1.55. The Bertz CT molecular complexity index is 269. The zero-order chi connectivity index (χ0) is 6.97. The molecule has 0 spiro atoms. The third-order valence-corrected chi connectivity index (χ3v) is 1.55. The summed E-state index contributed by atoms with van der Waals surface area (Å²) in [5.74, 6) is 1.25. The van der Waals surface area contributed by atoms with Crippen LogP contribution in [0.2, 0.25) is 0 Å². The van der Waals surface area contributed by atoms with Crippen LogP contribution in [0.15, 0.2) is 34.0 Å². The van der Waals surface area contributed by atoms with E-state index in [2.05, 4.69) is 23.2 Å². The first-order chi connectivity index (χ1) is 4.86. The van der Waals surface area contributed by atoms with Crippen molar-refractivity contribution in [2.24, 2.45) is 10.2 Å². The highest BCUT2D eigenvalue weighted by Crippen LogP contribution is 2.17. The van der Waals surface area contributed by atoms with Gasteiger partial charge in [-0.1, -0.05) is 19.1 Å². The largest absolute Gasteiger partial charge is 0.158 e. The molecule has 2 rings (SSSR count). The number of fused-ring (bicyclic) bond motifs is 1. The summed E-state index contributed by atoms with van der Waals surface area (Å²) in [6, 6.07) is 0. The summed E-state index contributed by atoms with van der Waals surface area (Å²) < 4.78 is 0. The molecule has 0 atom stereocenters. The standard InChI is InChI=1S/C8H7N2/c1-6-2-3-8-7(4-6)5-9-10-8/h2-5H,1H3. The second-order valence-electron chi connectivity index (χ2n) is 2.41. The normalized spacial score (nSPS) is 22.5. The average Bonchev–Trinajstić information content (AvgIpc) is 2.33. The maximum atomic E-state index is 3.91. The van der Waals surface area contributed by atoms with Gasteiger partial charge in [0.25, 0.3) is 0 Å². The Morgan fingerprint density at radius 2 is 2.20 bits per heavy atom. The number of hydrogen-bond donors (Lipinski definition) is 0. The van der Waals surface area contributed by atoms with Crippen LogP contribution in [0.25, 0.3) is 0 Å². The molecule has 0 aromatic carbocycles. The summed E-state index contributed by atoms with van der Waals surface area (Å²) in [7, 11) is 0. The van der Waals surface area contributed by atoms with Crippen molar-refractivity contribution in [1.29, 1.82) is 0 Å². The smallest absolute Gasteiger partial charge is 0.0939 e.